The maximum atomic E-state index is 5.00. The Labute approximate surface area is 56.8 Å². The summed E-state index contributed by atoms with van der Waals surface area (Å²) in [7, 11) is 0. The number of hydrogen-bond acceptors (Lipinski definition) is 3. The standard InChI is InChI=1S/C6H5N3O/c1-7-9-3-2-5-6(9)10-4-8-5/h2-4H,1H2. The van der Waals surface area contributed by atoms with E-state index < -0.39 is 0 Å². The maximum Gasteiger partial charge on any atom is 0.247 e. The molecule has 0 aromatic carbocycles. The van der Waals surface area contributed by atoms with Crippen molar-refractivity contribution in [1.29, 1.82) is 0 Å². The van der Waals surface area contributed by atoms with Crippen LogP contribution in [0.4, 0.5) is 0 Å². The summed E-state index contributed by atoms with van der Waals surface area (Å²) in [5, 5.41) is 3.66. The van der Waals surface area contributed by atoms with Crippen molar-refractivity contribution in [2.75, 3.05) is 0 Å². The predicted molar refractivity (Wildman–Crippen MR) is 36.9 cm³/mol. The van der Waals surface area contributed by atoms with Crippen LogP contribution in [-0.2, 0) is 0 Å². The molecular weight excluding hydrogens is 130 g/mol. The Bertz CT molecular complexity index is 360. The monoisotopic (exact) mass is 135 g/mol. The summed E-state index contributed by atoms with van der Waals surface area (Å²) in [6, 6.07) is 1.81. The van der Waals surface area contributed by atoms with Crippen molar-refractivity contribution in [1.82, 2.24) is 9.66 Å². The van der Waals surface area contributed by atoms with Gasteiger partial charge in [0.15, 0.2) is 6.39 Å². The second-order valence-corrected chi connectivity index (χ2v) is 1.84. The third-order valence-corrected chi connectivity index (χ3v) is 1.31. The number of rotatable bonds is 1. The zero-order valence-corrected chi connectivity index (χ0v) is 5.19. The van der Waals surface area contributed by atoms with Crippen molar-refractivity contribution in [2.45, 2.75) is 0 Å². The molecule has 0 aliphatic rings. The molecule has 0 spiro atoms. The van der Waals surface area contributed by atoms with Gasteiger partial charge in [-0.25, -0.2) is 9.66 Å². The van der Waals surface area contributed by atoms with Crippen LogP contribution >= 0.6 is 0 Å². The fourth-order valence-corrected chi connectivity index (χ4v) is 0.855. The summed E-state index contributed by atoms with van der Waals surface area (Å²) in [4.78, 5) is 3.91. The van der Waals surface area contributed by atoms with Gasteiger partial charge in [-0.1, -0.05) is 0 Å². The highest BCUT2D eigenvalue weighted by Gasteiger charge is 2.01. The van der Waals surface area contributed by atoms with Gasteiger partial charge < -0.3 is 4.42 Å². The first-order valence-corrected chi connectivity index (χ1v) is 2.79. The Balaban J connectivity index is 2.88. The van der Waals surface area contributed by atoms with E-state index in [1.807, 2.05) is 6.07 Å². The van der Waals surface area contributed by atoms with E-state index in [0.29, 0.717) is 5.71 Å². The highest BCUT2D eigenvalue weighted by Crippen LogP contribution is 2.12. The predicted octanol–water partition coefficient (Wildman–Crippen LogP) is 1.09. The van der Waals surface area contributed by atoms with E-state index in [0.717, 1.165) is 5.52 Å². The third kappa shape index (κ3) is 0.500. The summed E-state index contributed by atoms with van der Waals surface area (Å²) in [6.07, 6.45) is 3.13. The fraction of sp³-hybridized carbons (Fsp3) is 0. The molecule has 0 aliphatic carbocycles. The molecular formula is C6H5N3O. The van der Waals surface area contributed by atoms with Crippen LogP contribution in [0.5, 0.6) is 0 Å². The minimum absolute atomic E-state index is 0.634. The van der Waals surface area contributed by atoms with Crippen LogP contribution < -0.4 is 0 Å². The minimum atomic E-state index is 0.634. The molecule has 0 fully saturated rings. The molecule has 2 aromatic heterocycles. The van der Waals surface area contributed by atoms with E-state index in [4.69, 9.17) is 4.42 Å². The summed E-state index contributed by atoms with van der Waals surface area (Å²) >= 11 is 0. The zero-order valence-electron chi connectivity index (χ0n) is 5.19. The van der Waals surface area contributed by atoms with Crippen molar-refractivity contribution in [3.8, 4) is 0 Å². The van der Waals surface area contributed by atoms with Crippen LogP contribution in [0.1, 0.15) is 0 Å². The second-order valence-electron chi connectivity index (χ2n) is 1.84. The van der Waals surface area contributed by atoms with Crippen molar-refractivity contribution in [3.63, 3.8) is 0 Å². The Morgan fingerprint density at radius 3 is 3.40 bits per heavy atom. The molecule has 0 bridgehead atoms. The number of oxazole rings is 1. The summed E-state index contributed by atoms with van der Waals surface area (Å²) < 4.78 is 6.53. The fourth-order valence-electron chi connectivity index (χ4n) is 0.855. The van der Waals surface area contributed by atoms with E-state index in [-0.39, 0.29) is 0 Å². The maximum absolute atomic E-state index is 5.00. The second kappa shape index (κ2) is 1.70. The summed E-state index contributed by atoms with van der Waals surface area (Å²) in [5.74, 6) is 0. The summed E-state index contributed by atoms with van der Waals surface area (Å²) in [5.41, 5.74) is 1.43. The lowest BCUT2D eigenvalue weighted by Gasteiger charge is -1.86. The van der Waals surface area contributed by atoms with Gasteiger partial charge in [-0.3, -0.25) is 0 Å². The molecule has 50 valence electrons. The molecule has 2 aromatic rings. The van der Waals surface area contributed by atoms with Gasteiger partial charge in [0.05, 0.1) is 0 Å². The largest absolute Gasteiger partial charge is 0.425 e. The van der Waals surface area contributed by atoms with Gasteiger partial charge in [0.2, 0.25) is 5.71 Å². The number of nitrogens with zero attached hydrogens (tertiary/aromatic N) is 3. The van der Waals surface area contributed by atoms with Crippen LogP contribution in [-0.4, -0.2) is 16.4 Å². The van der Waals surface area contributed by atoms with E-state index >= 15 is 0 Å². The number of hydrogen-bond donors (Lipinski definition) is 0. The first-order chi connectivity index (χ1) is 4.92. The Hall–Kier alpha value is -1.58. The lowest BCUT2D eigenvalue weighted by Crippen LogP contribution is -1.79. The molecule has 0 radical (unpaired) electrons. The third-order valence-electron chi connectivity index (χ3n) is 1.31. The highest BCUT2D eigenvalue weighted by molar-refractivity contribution is 5.69. The Kier molecular flexibility index (Phi) is 0.887. The van der Waals surface area contributed by atoms with Gasteiger partial charge in [-0.2, -0.15) is 5.10 Å². The van der Waals surface area contributed by atoms with Crippen LogP contribution in [0.25, 0.3) is 11.2 Å². The molecule has 0 N–H and O–H groups in total. The molecule has 10 heavy (non-hydrogen) atoms. The molecule has 0 saturated carbocycles. The smallest absolute Gasteiger partial charge is 0.247 e. The van der Waals surface area contributed by atoms with E-state index in [1.54, 1.807) is 6.20 Å². The quantitative estimate of drug-likeness (QED) is 0.549. The Morgan fingerprint density at radius 1 is 1.70 bits per heavy atom. The van der Waals surface area contributed by atoms with E-state index in [2.05, 4.69) is 16.8 Å². The van der Waals surface area contributed by atoms with Crippen LogP contribution in [0.2, 0.25) is 0 Å². The number of aromatic nitrogens is 2. The van der Waals surface area contributed by atoms with E-state index in [9.17, 15) is 0 Å². The van der Waals surface area contributed by atoms with Crippen LogP contribution in [0.15, 0.2) is 28.2 Å². The average molecular weight is 135 g/mol. The van der Waals surface area contributed by atoms with Crippen LogP contribution in [0.3, 0.4) is 0 Å². The lowest BCUT2D eigenvalue weighted by atomic mass is 10.6. The molecule has 0 amide bonds. The van der Waals surface area contributed by atoms with E-state index in [1.165, 1.54) is 11.1 Å². The van der Waals surface area contributed by atoms with Gasteiger partial charge in [-0.05, 0) is 6.07 Å². The SMILES string of the molecule is C=Nn1ccc2ncoc21. The zero-order chi connectivity index (χ0) is 6.97. The number of fused-ring (bicyclic) bond motifs is 1. The molecule has 2 heterocycles. The molecule has 0 atom stereocenters. The first-order valence-electron chi connectivity index (χ1n) is 2.79. The highest BCUT2D eigenvalue weighted by atomic mass is 16.3. The van der Waals surface area contributed by atoms with Crippen molar-refractivity contribution in [3.05, 3.63) is 18.7 Å². The van der Waals surface area contributed by atoms with Gasteiger partial charge in [0.25, 0.3) is 0 Å². The molecule has 0 unspecified atom stereocenters. The van der Waals surface area contributed by atoms with Crippen LogP contribution in [0, 0.1) is 0 Å². The average Bonchev–Trinajstić information content (AvgIpc) is 2.44. The topological polar surface area (TPSA) is 43.3 Å². The molecule has 4 nitrogen and oxygen atoms in total. The molecule has 2 rings (SSSR count). The van der Waals surface area contributed by atoms with Crippen molar-refractivity contribution < 1.29 is 4.42 Å². The van der Waals surface area contributed by atoms with Crippen molar-refractivity contribution >= 4 is 17.9 Å². The Morgan fingerprint density at radius 2 is 2.60 bits per heavy atom. The molecule has 4 heteroatoms. The van der Waals surface area contributed by atoms with Crippen molar-refractivity contribution in [2.24, 2.45) is 5.10 Å². The van der Waals surface area contributed by atoms with Gasteiger partial charge in [-0.15, -0.1) is 0 Å². The molecule has 0 saturated heterocycles. The van der Waals surface area contributed by atoms with Gasteiger partial charge in [0, 0.05) is 12.9 Å². The van der Waals surface area contributed by atoms with Gasteiger partial charge in [0.1, 0.15) is 5.52 Å². The minimum Gasteiger partial charge on any atom is -0.425 e. The normalized spacial score (nSPS) is 10.4. The lowest BCUT2D eigenvalue weighted by molar-refractivity contribution is 0.571. The summed E-state index contributed by atoms with van der Waals surface area (Å²) in [6.45, 7) is 3.36. The van der Waals surface area contributed by atoms with Gasteiger partial charge >= 0.3 is 0 Å². The first kappa shape index (κ1) is 5.22. The molecule has 0 aliphatic heterocycles.